The van der Waals surface area contributed by atoms with Crippen LogP contribution in [0.25, 0.3) is 16.7 Å². The molecule has 0 unspecified atom stereocenters. The lowest BCUT2D eigenvalue weighted by Gasteiger charge is -2.22. The fourth-order valence-electron chi connectivity index (χ4n) is 5.45. The van der Waals surface area contributed by atoms with Gasteiger partial charge >= 0.3 is 5.69 Å². The predicted octanol–water partition coefficient (Wildman–Crippen LogP) is 3.78. The third-order valence-corrected chi connectivity index (χ3v) is 7.40. The molecule has 38 heavy (non-hydrogen) atoms. The van der Waals surface area contributed by atoms with Gasteiger partial charge in [-0.25, -0.2) is 13.9 Å². The van der Waals surface area contributed by atoms with Crippen LogP contribution in [0.5, 0.6) is 0 Å². The quantitative estimate of drug-likeness (QED) is 0.377. The van der Waals surface area contributed by atoms with Gasteiger partial charge in [-0.2, -0.15) is 0 Å². The normalized spacial score (nSPS) is 14.3. The Morgan fingerprint density at radius 3 is 2.50 bits per heavy atom. The number of nitrogens with zero attached hydrogens (tertiary/aromatic N) is 4. The Hall–Kier alpha value is -4.01. The number of ketones is 1. The largest absolute Gasteiger partial charge is 0.352 e. The van der Waals surface area contributed by atoms with Gasteiger partial charge in [-0.15, -0.1) is 5.10 Å². The monoisotopic (exact) mass is 515 g/mol. The fourth-order valence-corrected chi connectivity index (χ4v) is 5.45. The second-order valence-electron chi connectivity index (χ2n) is 10.3. The summed E-state index contributed by atoms with van der Waals surface area (Å²) in [6.45, 7) is 5.86. The Bertz CT molecular complexity index is 1670. The van der Waals surface area contributed by atoms with Crippen molar-refractivity contribution in [3.05, 3.63) is 79.5 Å². The molecule has 1 amide bonds. The molecule has 2 aromatic heterocycles. The number of amides is 1. The van der Waals surface area contributed by atoms with E-state index < -0.39 is 5.69 Å². The van der Waals surface area contributed by atoms with Gasteiger partial charge in [-0.3, -0.25) is 19.0 Å². The Morgan fingerprint density at radius 1 is 1.03 bits per heavy atom. The first-order valence-electron chi connectivity index (χ1n) is 13.4. The van der Waals surface area contributed by atoms with Gasteiger partial charge in [-0.1, -0.05) is 49.9 Å². The van der Waals surface area contributed by atoms with E-state index in [1.165, 1.54) is 15.4 Å². The number of nitrogens with one attached hydrogen (secondary N) is 1. The highest BCUT2D eigenvalue weighted by atomic mass is 16.2. The highest BCUT2D eigenvalue weighted by Gasteiger charge is 2.22. The Labute approximate surface area is 220 Å². The standard InChI is InChI=1S/C29H33N5O4/c1-4-14-32-27(37)23-13-11-20(26(36)30-21-8-6-5-7-9-21)16-24(23)34-28(32)31-33(29(34)38)17-25(35)22-12-10-18(2)15-19(22)3/h10-13,15-16,21H,4-9,14,17H2,1-3H3,(H,30,36). The van der Waals surface area contributed by atoms with Gasteiger partial charge in [0.05, 0.1) is 10.9 Å². The molecular weight excluding hydrogens is 482 g/mol. The lowest BCUT2D eigenvalue weighted by Crippen LogP contribution is -2.36. The molecule has 2 aromatic carbocycles. The van der Waals surface area contributed by atoms with Crippen LogP contribution in [0.3, 0.4) is 0 Å². The molecule has 0 saturated heterocycles. The molecule has 2 heterocycles. The fraction of sp³-hybridized carbons (Fsp3) is 0.414. The number of aryl methyl sites for hydroxylation is 3. The molecule has 1 saturated carbocycles. The number of carbonyl (C=O) groups excluding carboxylic acids is 2. The molecule has 1 aliphatic carbocycles. The van der Waals surface area contributed by atoms with Gasteiger partial charge in [0.15, 0.2) is 5.78 Å². The summed E-state index contributed by atoms with van der Waals surface area (Å²) in [5.74, 6) is -0.308. The summed E-state index contributed by atoms with van der Waals surface area (Å²) in [4.78, 5) is 53.2. The maximum atomic E-state index is 13.6. The molecule has 1 N–H and O–H groups in total. The maximum Gasteiger partial charge on any atom is 0.352 e. The second kappa shape index (κ2) is 10.4. The van der Waals surface area contributed by atoms with Gasteiger partial charge in [0.1, 0.15) is 6.54 Å². The Kier molecular flexibility index (Phi) is 7.01. The van der Waals surface area contributed by atoms with Gasteiger partial charge in [0.2, 0.25) is 5.78 Å². The van der Waals surface area contributed by atoms with Crippen molar-refractivity contribution in [1.29, 1.82) is 0 Å². The molecule has 9 heteroatoms. The first-order chi connectivity index (χ1) is 18.3. The van der Waals surface area contributed by atoms with Crippen LogP contribution < -0.4 is 16.6 Å². The van der Waals surface area contributed by atoms with Gasteiger partial charge in [0, 0.05) is 23.7 Å². The minimum Gasteiger partial charge on any atom is -0.349 e. The van der Waals surface area contributed by atoms with Crippen molar-refractivity contribution in [3.63, 3.8) is 0 Å². The van der Waals surface area contributed by atoms with E-state index in [4.69, 9.17) is 0 Å². The van der Waals surface area contributed by atoms with Crippen molar-refractivity contribution in [2.75, 3.05) is 0 Å². The number of hydrogen-bond acceptors (Lipinski definition) is 5. The highest BCUT2D eigenvalue weighted by molar-refractivity contribution is 5.98. The van der Waals surface area contributed by atoms with Gasteiger partial charge in [-0.05, 0) is 56.9 Å². The summed E-state index contributed by atoms with van der Waals surface area (Å²) < 4.78 is 3.92. The first kappa shape index (κ1) is 25.6. The molecule has 0 radical (unpaired) electrons. The molecule has 4 aromatic rings. The number of rotatable bonds is 7. The number of hydrogen-bond donors (Lipinski definition) is 1. The molecule has 0 spiro atoms. The van der Waals surface area contributed by atoms with Crippen LogP contribution in [0.2, 0.25) is 0 Å². The van der Waals surface area contributed by atoms with E-state index in [1.807, 2.05) is 32.9 Å². The summed E-state index contributed by atoms with van der Waals surface area (Å²) in [5.41, 5.74) is 2.27. The zero-order chi connectivity index (χ0) is 27.0. The van der Waals surface area contributed by atoms with Crippen molar-refractivity contribution in [3.8, 4) is 0 Å². The van der Waals surface area contributed by atoms with E-state index in [2.05, 4.69) is 10.4 Å². The SMILES string of the molecule is CCCn1c(=O)c2ccc(C(=O)NC3CCCCC3)cc2n2c(=O)n(CC(=O)c3ccc(C)cc3C)nc12. The van der Waals surface area contributed by atoms with Crippen molar-refractivity contribution < 1.29 is 9.59 Å². The van der Waals surface area contributed by atoms with Crippen LogP contribution in [0.15, 0.2) is 46.0 Å². The molecule has 0 atom stereocenters. The van der Waals surface area contributed by atoms with Crippen LogP contribution in [-0.2, 0) is 13.1 Å². The van der Waals surface area contributed by atoms with Crippen LogP contribution in [0.1, 0.15) is 77.3 Å². The molecule has 9 nitrogen and oxygen atoms in total. The van der Waals surface area contributed by atoms with Gasteiger partial charge < -0.3 is 5.32 Å². The van der Waals surface area contributed by atoms with Crippen molar-refractivity contribution in [2.24, 2.45) is 0 Å². The smallest absolute Gasteiger partial charge is 0.349 e. The molecule has 1 fully saturated rings. The molecular formula is C29H33N5O4. The Balaban J connectivity index is 1.61. The molecule has 198 valence electrons. The zero-order valence-electron chi connectivity index (χ0n) is 22.1. The number of Topliss-reactive ketones (excluding diaryl/α,β-unsaturated/α-hetero) is 1. The van der Waals surface area contributed by atoms with Crippen molar-refractivity contribution in [1.82, 2.24) is 24.1 Å². The summed E-state index contributed by atoms with van der Waals surface area (Å²) in [6, 6.07) is 10.5. The minimum absolute atomic E-state index is 0.131. The maximum absolute atomic E-state index is 13.6. The lowest BCUT2D eigenvalue weighted by atomic mass is 9.95. The number of benzene rings is 2. The number of carbonyl (C=O) groups is 2. The molecule has 0 bridgehead atoms. The van der Waals surface area contributed by atoms with E-state index in [-0.39, 0.29) is 35.6 Å². The average Bonchev–Trinajstić information content (AvgIpc) is 3.22. The van der Waals surface area contributed by atoms with Crippen LogP contribution in [-0.4, -0.2) is 36.5 Å². The molecule has 0 aliphatic heterocycles. The van der Waals surface area contributed by atoms with E-state index >= 15 is 0 Å². The first-order valence-corrected chi connectivity index (χ1v) is 13.4. The zero-order valence-corrected chi connectivity index (χ0v) is 22.1. The van der Waals surface area contributed by atoms with E-state index in [9.17, 15) is 19.2 Å². The molecule has 1 aliphatic rings. The topological polar surface area (TPSA) is 107 Å². The summed E-state index contributed by atoms with van der Waals surface area (Å²) in [5, 5.41) is 7.85. The summed E-state index contributed by atoms with van der Waals surface area (Å²) >= 11 is 0. The van der Waals surface area contributed by atoms with Crippen molar-refractivity contribution >= 4 is 28.4 Å². The Morgan fingerprint density at radius 2 is 1.79 bits per heavy atom. The number of fused-ring (bicyclic) bond motifs is 3. The molecule has 5 rings (SSSR count). The van der Waals surface area contributed by atoms with E-state index in [1.54, 1.807) is 24.3 Å². The van der Waals surface area contributed by atoms with Crippen LogP contribution >= 0.6 is 0 Å². The van der Waals surface area contributed by atoms with E-state index in [0.717, 1.165) is 41.5 Å². The summed E-state index contributed by atoms with van der Waals surface area (Å²) in [7, 11) is 0. The third-order valence-electron chi connectivity index (χ3n) is 7.40. The van der Waals surface area contributed by atoms with Gasteiger partial charge in [0.25, 0.3) is 11.5 Å². The predicted molar refractivity (Wildman–Crippen MR) is 146 cm³/mol. The number of aromatic nitrogens is 4. The van der Waals surface area contributed by atoms with Crippen LogP contribution in [0, 0.1) is 13.8 Å². The minimum atomic E-state index is -0.530. The lowest BCUT2D eigenvalue weighted by molar-refractivity contribution is 0.0926. The highest BCUT2D eigenvalue weighted by Crippen LogP contribution is 2.19. The van der Waals surface area contributed by atoms with Crippen molar-refractivity contribution in [2.45, 2.75) is 78.4 Å². The van der Waals surface area contributed by atoms with Crippen LogP contribution in [0.4, 0.5) is 0 Å². The van der Waals surface area contributed by atoms with E-state index in [0.29, 0.717) is 35.0 Å². The third kappa shape index (κ3) is 4.68. The summed E-state index contributed by atoms with van der Waals surface area (Å²) in [6.07, 6.45) is 5.93. The average molecular weight is 516 g/mol. The second-order valence-corrected chi connectivity index (χ2v) is 10.3.